The lowest BCUT2D eigenvalue weighted by molar-refractivity contribution is 0.293. The molecule has 5 rings (SSSR count). The number of hydrogen-bond donors (Lipinski definition) is 0. The molecule has 1 aliphatic rings. The fraction of sp³-hybridized carbons (Fsp3) is 0.360. The Labute approximate surface area is 177 Å². The average molecular weight is 401 g/mol. The standard InChI is InChI=1S/C25H28N4O/c1-4-28(5-2)13-14-29-22-8-6-18(25-27-12-15-30-25)16-21(22)24-20-10-11-26-17(3)19(20)7-9-23(24)29/h6-9,12,15-16H,4-5,10-11,13-14H2,1-3H3. The summed E-state index contributed by atoms with van der Waals surface area (Å²) in [6.07, 6.45) is 4.32. The van der Waals surface area contributed by atoms with Gasteiger partial charge in [0.15, 0.2) is 0 Å². The summed E-state index contributed by atoms with van der Waals surface area (Å²) < 4.78 is 8.07. The maximum Gasteiger partial charge on any atom is 0.225 e. The predicted molar refractivity (Wildman–Crippen MR) is 124 cm³/mol. The summed E-state index contributed by atoms with van der Waals surface area (Å²) in [4.78, 5) is 11.5. The van der Waals surface area contributed by atoms with E-state index in [0.717, 1.165) is 50.4 Å². The summed E-state index contributed by atoms with van der Waals surface area (Å²) >= 11 is 0. The van der Waals surface area contributed by atoms with Crippen LogP contribution in [-0.2, 0) is 13.0 Å². The third-order valence-electron chi connectivity index (χ3n) is 6.45. The van der Waals surface area contributed by atoms with Gasteiger partial charge in [0.1, 0.15) is 6.26 Å². The van der Waals surface area contributed by atoms with Crippen LogP contribution in [0.1, 0.15) is 31.9 Å². The molecule has 5 nitrogen and oxygen atoms in total. The van der Waals surface area contributed by atoms with Crippen LogP contribution < -0.4 is 0 Å². The molecule has 0 aliphatic carbocycles. The van der Waals surface area contributed by atoms with Crippen molar-refractivity contribution in [1.82, 2.24) is 14.5 Å². The van der Waals surface area contributed by atoms with Gasteiger partial charge in [-0.3, -0.25) is 4.99 Å². The lowest BCUT2D eigenvalue weighted by Gasteiger charge is -2.19. The van der Waals surface area contributed by atoms with E-state index in [-0.39, 0.29) is 0 Å². The minimum Gasteiger partial charge on any atom is -0.445 e. The molecule has 0 unspecified atom stereocenters. The van der Waals surface area contributed by atoms with Crippen LogP contribution in [0.5, 0.6) is 0 Å². The normalized spacial score (nSPS) is 13.9. The molecule has 154 valence electrons. The summed E-state index contributed by atoms with van der Waals surface area (Å²) in [7, 11) is 0. The summed E-state index contributed by atoms with van der Waals surface area (Å²) in [6, 6.07) is 11.1. The first-order chi connectivity index (χ1) is 14.7. The van der Waals surface area contributed by atoms with Gasteiger partial charge in [-0.15, -0.1) is 0 Å². The first-order valence-corrected chi connectivity index (χ1v) is 10.9. The number of fused-ring (bicyclic) bond motifs is 5. The van der Waals surface area contributed by atoms with Crippen molar-refractivity contribution in [3.05, 3.63) is 53.9 Å². The highest BCUT2D eigenvalue weighted by Crippen LogP contribution is 2.37. The van der Waals surface area contributed by atoms with E-state index in [2.05, 4.69) is 70.5 Å². The number of rotatable bonds is 6. The maximum atomic E-state index is 5.58. The predicted octanol–water partition coefficient (Wildman–Crippen LogP) is 5.16. The van der Waals surface area contributed by atoms with Gasteiger partial charge in [-0.1, -0.05) is 19.9 Å². The molecule has 0 bridgehead atoms. The Morgan fingerprint density at radius 2 is 1.93 bits per heavy atom. The molecule has 30 heavy (non-hydrogen) atoms. The molecule has 2 aromatic heterocycles. The van der Waals surface area contributed by atoms with Crippen LogP contribution in [0.4, 0.5) is 0 Å². The SMILES string of the molecule is CCN(CC)CCn1c2ccc(-c3ncco3)cc2c2c3c(ccc21)C(C)=NCC3. The highest BCUT2D eigenvalue weighted by Gasteiger charge is 2.20. The Hall–Kier alpha value is -2.92. The van der Waals surface area contributed by atoms with Crippen LogP contribution in [-0.4, -0.2) is 46.3 Å². The Bertz CT molecular complexity index is 1230. The van der Waals surface area contributed by atoms with Crippen molar-refractivity contribution < 1.29 is 4.42 Å². The van der Waals surface area contributed by atoms with Crippen LogP contribution >= 0.6 is 0 Å². The van der Waals surface area contributed by atoms with E-state index in [9.17, 15) is 0 Å². The molecule has 2 aromatic carbocycles. The fourth-order valence-corrected chi connectivity index (χ4v) is 4.80. The monoisotopic (exact) mass is 400 g/mol. The van der Waals surface area contributed by atoms with E-state index in [1.54, 1.807) is 12.5 Å². The largest absolute Gasteiger partial charge is 0.445 e. The molecule has 3 heterocycles. The third kappa shape index (κ3) is 3.05. The van der Waals surface area contributed by atoms with Crippen LogP contribution in [0.2, 0.25) is 0 Å². The van der Waals surface area contributed by atoms with E-state index >= 15 is 0 Å². The molecule has 1 aliphatic heterocycles. The summed E-state index contributed by atoms with van der Waals surface area (Å²) in [5, 5.41) is 2.65. The second kappa shape index (κ2) is 7.73. The number of benzene rings is 2. The highest BCUT2D eigenvalue weighted by atomic mass is 16.3. The Kier molecular flexibility index (Phi) is 4.91. The average Bonchev–Trinajstić information content (AvgIpc) is 3.41. The fourth-order valence-electron chi connectivity index (χ4n) is 4.80. The van der Waals surface area contributed by atoms with Gasteiger partial charge in [-0.25, -0.2) is 4.98 Å². The first-order valence-electron chi connectivity index (χ1n) is 10.9. The quantitative estimate of drug-likeness (QED) is 0.449. The molecule has 0 radical (unpaired) electrons. The number of likely N-dealkylation sites (N-methyl/N-ethyl adjacent to an activating group) is 1. The number of aromatic nitrogens is 2. The van der Waals surface area contributed by atoms with E-state index in [1.165, 1.54) is 32.9 Å². The van der Waals surface area contributed by atoms with Gasteiger partial charge in [0.25, 0.3) is 0 Å². The maximum absolute atomic E-state index is 5.58. The number of nitrogens with zero attached hydrogens (tertiary/aromatic N) is 4. The zero-order valence-electron chi connectivity index (χ0n) is 18.0. The van der Waals surface area contributed by atoms with Crippen molar-refractivity contribution in [2.24, 2.45) is 4.99 Å². The molecule has 4 aromatic rings. The van der Waals surface area contributed by atoms with E-state index < -0.39 is 0 Å². The van der Waals surface area contributed by atoms with Crippen molar-refractivity contribution in [3.63, 3.8) is 0 Å². The first kappa shape index (κ1) is 19.1. The van der Waals surface area contributed by atoms with E-state index in [4.69, 9.17) is 4.42 Å². The van der Waals surface area contributed by atoms with Crippen molar-refractivity contribution >= 4 is 27.5 Å². The van der Waals surface area contributed by atoms with Crippen molar-refractivity contribution in [1.29, 1.82) is 0 Å². The Morgan fingerprint density at radius 3 is 2.70 bits per heavy atom. The van der Waals surface area contributed by atoms with Gasteiger partial charge in [0, 0.05) is 52.7 Å². The number of hydrogen-bond acceptors (Lipinski definition) is 4. The molecular weight excluding hydrogens is 372 g/mol. The second-order valence-electron chi connectivity index (χ2n) is 7.95. The zero-order valence-corrected chi connectivity index (χ0v) is 18.0. The van der Waals surface area contributed by atoms with Crippen LogP contribution in [0.3, 0.4) is 0 Å². The number of oxazole rings is 1. The minimum atomic E-state index is 0.670. The number of aliphatic imine (C=N–C) groups is 1. The summed E-state index contributed by atoms with van der Waals surface area (Å²) in [5.74, 6) is 0.670. The van der Waals surface area contributed by atoms with E-state index in [0.29, 0.717) is 5.89 Å². The van der Waals surface area contributed by atoms with Gasteiger partial charge in [-0.05, 0) is 61.8 Å². The van der Waals surface area contributed by atoms with Crippen LogP contribution in [0.25, 0.3) is 33.3 Å². The molecule has 0 spiro atoms. The van der Waals surface area contributed by atoms with Crippen molar-refractivity contribution in [3.8, 4) is 11.5 Å². The zero-order chi connectivity index (χ0) is 20.7. The third-order valence-corrected chi connectivity index (χ3v) is 6.45. The minimum absolute atomic E-state index is 0.670. The second-order valence-corrected chi connectivity index (χ2v) is 7.95. The lowest BCUT2D eigenvalue weighted by Crippen LogP contribution is -2.27. The smallest absolute Gasteiger partial charge is 0.225 e. The van der Waals surface area contributed by atoms with E-state index in [1.807, 2.05) is 0 Å². The molecule has 0 fully saturated rings. The summed E-state index contributed by atoms with van der Waals surface area (Å²) in [6.45, 7) is 11.6. The molecule has 0 atom stereocenters. The van der Waals surface area contributed by atoms with Crippen molar-refractivity contribution in [2.45, 2.75) is 33.7 Å². The molecule has 5 heteroatoms. The lowest BCUT2D eigenvalue weighted by atomic mass is 9.93. The van der Waals surface area contributed by atoms with Gasteiger partial charge >= 0.3 is 0 Å². The van der Waals surface area contributed by atoms with Gasteiger partial charge in [0.05, 0.1) is 6.20 Å². The topological polar surface area (TPSA) is 46.6 Å². The van der Waals surface area contributed by atoms with Gasteiger partial charge < -0.3 is 13.9 Å². The van der Waals surface area contributed by atoms with Gasteiger partial charge in [0.2, 0.25) is 5.89 Å². The Balaban J connectivity index is 1.75. The van der Waals surface area contributed by atoms with Crippen molar-refractivity contribution in [2.75, 3.05) is 26.2 Å². The molecule has 0 saturated heterocycles. The van der Waals surface area contributed by atoms with Gasteiger partial charge in [-0.2, -0.15) is 0 Å². The molecule has 0 saturated carbocycles. The Morgan fingerprint density at radius 1 is 1.10 bits per heavy atom. The molecule has 0 amide bonds. The van der Waals surface area contributed by atoms with Crippen LogP contribution in [0, 0.1) is 0 Å². The summed E-state index contributed by atoms with van der Waals surface area (Å²) in [5.41, 5.74) is 7.48. The highest BCUT2D eigenvalue weighted by molar-refractivity contribution is 6.15. The van der Waals surface area contributed by atoms with Crippen LogP contribution in [0.15, 0.2) is 52.2 Å². The molecular formula is C25H28N4O. The molecule has 0 N–H and O–H groups in total.